The van der Waals surface area contributed by atoms with Crippen LogP contribution in [0.25, 0.3) is 0 Å². The van der Waals surface area contributed by atoms with Gasteiger partial charge in [0.15, 0.2) is 0 Å². The number of β-amino-alcohol motifs (C(OH)–C–C–N with tert-alkyl or cyclic N) is 1. The van der Waals surface area contributed by atoms with Crippen LogP contribution in [-0.4, -0.2) is 55.4 Å². The van der Waals surface area contributed by atoms with Gasteiger partial charge in [-0.05, 0) is 50.2 Å². The molecule has 0 unspecified atom stereocenters. The van der Waals surface area contributed by atoms with Crippen molar-refractivity contribution in [3.05, 3.63) is 29.8 Å². The van der Waals surface area contributed by atoms with Crippen LogP contribution >= 0.6 is 0 Å². The standard InChI is InChI=1S/C17H25NO4/c1-21-17(20)14-6-8-16(9-7-14)22-13-15(19)12-18-10-4-2-3-5-11-18/h6-9,15,19H,2-5,10-13H2,1H3/t15-/m0/s1. The van der Waals surface area contributed by atoms with Crippen molar-refractivity contribution >= 4 is 5.97 Å². The fourth-order valence-electron chi connectivity index (χ4n) is 2.67. The maximum atomic E-state index is 11.3. The van der Waals surface area contributed by atoms with Gasteiger partial charge < -0.3 is 19.5 Å². The molecule has 1 fully saturated rings. The van der Waals surface area contributed by atoms with E-state index in [1.165, 1.54) is 32.8 Å². The molecule has 22 heavy (non-hydrogen) atoms. The largest absolute Gasteiger partial charge is 0.491 e. The molecule has 0 saturated carbocycles. The highest BCUT2D eigenvalue weighted by Gasteiger charge is 2.14. The van der Waals surface area contributed by atoms with Crippen molar-refractivity contribution in [2.24, 2.45) is 0 Å². The van der Waals surface area contributed by atoms with Gasteiger partial charge in [-0.1, -0.05) is 12.8 Å². The lowest BCUT2D eigenvalue weighted by atomic mass is 10.2. The highest BCUT2D eigenvalue weighted by Crippen LogP contribution is 2.14. The summed E-state index contributed by atoms with van der Waals surface area (Å²) < 4.78 is 10.2. The van der Waals surface area contributed by atoms with E-state index in [-0.39, 0.29) is 12.6 Å². The Labute approximate surface area is 131 Å². The Morgan fingerprint density at radius 3 is 2.41 bits per heavy atom. The maximum Gasteiger partial charge on any atom is 0.337 e. The van der Waals surface area contributed by atoms with Gasteiger partial charge in [0.1, 0.15) is 18.5 Å². The monoisotopic (exact) mass is 307 g/mol. The molecular weight excluding hydrogens is 282 g/mol. The quantitative estimate of drug-likeness (QED) is 0.816. The first-order valence-corrected chi connectivity index (χ1v) is 7.90. The van der Waals surface area contributed by atoms with E-state index in [9.17, 15) is 9.90 Å². The lowest BCUT2D eigenvalue weighted by molar-refractivity contribution is 0.0599. The fourth-order valence-corrected chi connectivity index (χ4v) is 2.67. The van der Waals surface area contributed by atoms with Crippen LogP contribution in [0.3, 0.4) is 0 Å². The summed E-state index contributed by atoms with van der Waals surface area (Å²) >= 11 is 0. The van der Waals surface area contributed by atoms with E-state index in [1.807, 2.05) is 0 Å². The van der Waals surface area contributed by atoms with Crippen LogP contribution in [0.5, 0.6) is 5.75 Å². The summed E-state index contributed by atoms with van der Waals surface area (Å²) in [4.78, 5) is 13.6. The number of nitrogens with zero attached hydrogens (tertiary/aromatic N) is 1. The van der Waals surface area contributed by atoms with Gasteiger partial charge in [-0.15, -0.1) is 0 Å². The minimum atomic E-state index is -0.501. The number of ether oxygens (including phenoxy) is 2. The summed E-state index contributed by atoms with van der Waals surface area (Å²) in [5.74, 6) is 0.273. The molecule has 0 aliphatic carbocycles. The molecule has 1 N–H and O–H groups in total. The zero-order valence-corrected chi connectivity index (χ0v) is 13.2. The molecule has 1 aromatic rings. The van der Waals surface area contributed by atoms with E-state index >= 15 is 0 Å². The van der Waals surface area contributed by atoms with Gasteiger partial charge in [0.25, 0.3) is 0 Å². The maximum absolute atomic E-state index is 11.3. The van der Waals surface area contributed by atoms with Crippen molar-refractivity contribution in [2.75, 3.05) is 33.4 Å². The van der Waals surface area contributed by atoms with Gasteiger partial charge >= 0.3 is 5.97 Å². The number of hydrogen-bond acceptors (Lipinski definition) is 5. The molecule has 1 atom stereocenters. The van der Waals surface area contributed by atoms with Crippen LogP contribution < -0.4 is 4.74 Å². The molecule has 1 heterocycles. The second kappa shape index (κ2) is 8.76. The number of hydrogen-bond donors (Lipinski definition) is 1. The molecule has 0 spiro atoms. The Bertz CT molecular complexity index is 452. The van der Waals surface area contributed by atoms with Gasteiger partial charge in [0, 0.05) is 6.54 Å². The number of rotatable bonds is 6. The van der Waals surface area contributed by atoms with Crippen LogP contribution in [0.4, 0.5) is 0 Å². The Balaban J connectivity index is 1.75. The molecule has 1 aliphatic rings. The molecule has 2 rings (SSSR count). The third-order valence-electron chi connectivity index (χ3n) is 3.89. The number of likely N-dealkylation sites (tertiary alicyclic amines) is 1. The van der Waals surface area contributed by atoms with E-state index < -0.39 is 6.10 Å². The van der Waals surface area contributed by atoms with E-state index in [4.69, 9.17) is 4.74 Å². The second-order valence-electron chi connectivity index (χ2n) is 5.70. The zero-order valence-electron chi connectivity index (χ0n) is 13.2. The summed E-state index contributed by atoms with van der Waals surface area (Å²) in [6.07, 6.45) is 4.49. The third kappa shape index (κ3) is 5.31. The van der Waals surface area contributed by atoms with Gasteiger partial charge in [-0.3, -0.25) is 0 Å². The summed E-state index contributed by atoms with van der Waals surface area (Å²) in [6.45, 7) is 3.03. The van der Waals surface area contributed by atoms with Crippen LogP contribution in [-0.2, 0) is 4.74 Å². The lowest BCUT2D eigenvalue weighted by Gasteiger charge is -2.23. The van der Waals surface area contributed by atoms with Gasteiger partial charge in [-0.2, -0.15) is 0 Å². The van der Waals surface area contributed by atoms with Crippen molar-refractivity contribution in [1.29, 1.82) is 0 Å². The van der Waals surface area contributed by atoms with Crippen molar-refractivity contribution in [3.63, 3.8) is 0 Å². The molecule has 0 bridgehead atoms. The van der Waals surface area contributed by atoms with Crippen molar-refractivity contribution in [2.45, 2.75) is 31.8 Å². The van der Waals surface area contributed by atoms with E-state index in [1.54, 1.807) is 24.3 Å². The van der Waals surface area contributed by atoms with Crippen molar-refractivity contribution in [3.8, 4) is 5.75 Å². The van der Waals surface area contributed by atoms with E-state index in [0.717, 1.165) is 13.1 Å². The minimum Gasteiger partial charge on any atom is -0.491 e. The number of aliphatic hydroxyl groups is 1. The number of aliphatic hydroxyl groups excluding tert-OH is 1. The van der Waals surface area contributed by atoms with Crippen LogP contribution in [0.1, 0.15) is 36.0 Å². The van der Waals surface area contributed by atoms with E-state index in [0.29, 0.717) is 17.9 Å². The molecule has 1 aromatic carbocycles. The Morgan fingerprint density at radius 1 is 1.18 bits per heavy atom. The normalized spacial score (nSPS) is 17.5. The van der Waals surface area contributed by atoms with Gasteiger partial charge in [-0.25, -0.2) is 4.79 Å². The highest BCUT2D eigenvalue weighted by molar-refractivity contribution is 5.89. The zero-order chi connectivity index (χ0) is 15.8. The predicted molar refractivity (Wildman–Crippen MR) is 84.2 cm³/mol. The molecule has 122 valence electrons. The molecule has 1 aliphatic heterocycles. The number of methoxy groups -OCH3 is 1. The molecule has 1 saturated heterocycles. The van der Waals surface area contributed by atoms with Gasteiger partial charge in [0.05, 0.1) is 12.7 Å². The average Bonchev–Trinajstić information content (AvgIpc) is 2.81. The van der Waals surface area contributed by atoms with Crippen molar-refractivity contribution in [1.82, 2.24) is 4.90 Å². The summed E-state index contributed by atoms with van der Waals surface area (Å²) in [6, 6.07) is 6.74. The third-order valence-corrected chi connectivity index (χ3v) is 3.89. The molecule has 0 radical (unpaired) electrons. The Morgan fingerprint density at radius 2 is 1.82 bits per heavy atom. The minimum absolute atomic E-state index is 0.258. The average molecular weight is 307 g/mol. The Kier molecular flexibility index (Phi) is 6.68. The predicted octanol–water partition coefficient (Wildman–Crippen LogP) is 2.09. The van der Waals surface area contributed by atoms with E-state index in [2.05, 4.69) is 9.64 Å². The van der Waals surface area contributed by atoms with Gasteiger partial charge in [0.2, 0.25) is 0 Å². The summed E-state index contributed by atoms with van der Waals surface area (Å²) in [7, 11) is 1.35. The van der Waals surface area contributed by atoms with Crippen LogP contribution in [0.2, 0.25) is 0 Å². The van der Waals surface area contributed by atoms with Crippen molar-refractivity contribution < 1.29 is 19.4 Å². The molecule has 0 amide bonds. The van der Waals surface area contributed by atoms with Crippen LogP contribution in [0.15, 0.2) is 24.3 Å². The van der Waals surface area contributed by atoms with Crippen LogP contribution in [0, 0.1) is 0 Å². The fraction of sp³-hybridized carbons (Fsp3) is 0.588. The topological polar surface area (TPSA) is 59.0 Å². The lowest BCUT2D eigenvalue weighted by Crippen LogP contribution is -2.36. The SMILES string of the molecule is COC(=O)c1ccc(OC[C@@H](O)CN2CCCCCC2)cc1. The Hall–Kier alpha value is -1.59. The molecule has 0 aromatic heterocycles. The smallest absolute Gasteiger partial charge is 0.337 e. The first kappa shape index (κ1) is 16.8. The summed E-state index contributed by atoms with van der Waals surface area (Å²) in [5, 5.41) is 10.1. The molecule has 5 heteroatoms. The molecule has 5 nitrogen and oxygen atoms in total. The number of benzene rings is 1. The second-order valence-corrected chi connectivity index (χ2v) is 5.70. The molecular formula is C17H25NO4. The first-order chi connectivity index (χ1) is 10.7. The number of esters is 1. The summed E-state index contributed by atoms with van der Waals surface area (Å²) in [5.41, 5.74) is 0.486. The highest BCUT2D eigenvalue weighted by atomic mass is 16.5. The first-order valence-electron chi connectivity index (χ1n) is 7.90. The number of carbonyl (C=O) groups is 1. The number of carbonyl (C=O) groups excluding carboxylic acids is 1.